The highest BCUT2D eigenvalue weighted by Crippen LogP contribution is 2.38. The second-order valence-electron chi connectivity index (χ2n) is 12.6. The van der Waals surface area contributed by atoms with E-state index in [2.05, 4.69) is 194 Å². The summed E-state index contributed by atoms with van der Waals surface area (Å²) in [4.78, 5) is 0. The molecule has 0 spiro atoms. The molecule has 0 fully saturated rings. The molecule has 0 heterocycles. The maximum absolute atomic E-state index is 2.37. The highest BCUT2D eigenvalue weighted by molar-refractivity contribution is 6.02. The Morgan fingerprint density at radius 1 is 0.188 bits per heavy atom. The number of rotatable bonds is 5. The maximum atomic E-state index is 2.37. The zero-order valence-corrected chi connectivity index (χ0v) is 26.5. The highest BCUT2D eigenvalue weighted by Gasteiger charge is 2.12. The monoisotopic (exact) mass is 608 g/mol. The first-order chi connectivity index (χ1) is 23.7. The van der Waals surface area contributed by atoms with Gasteiger partial charge in [0.2, 0.25) is 0 Å². The Labute approximate surface area is 281 Å². The second-order valence-corrected chi connectivity index (χ2v) is 12.6. The van der Waals surface area contributed by atoms with Crippen LogP contribution in [0.4, 0.5) is 0 Å². The molecule has 0 aliphatic rings. The summed E-state index contributed by atoms with van der Waals surface area (Å²) >= 11 is 0. The molecular weight excluding hydrogens is 577 g/mol. The summed E-state index contributed by atoms with van der Waals surface area (Å²) in [5.41, 5.74) is 12.2. The fraction of sp³-hybridized carbons (Fsp3) is 0. The minimum atomic E-state index is 1.21. The van der Waals surface area contributed by atoms with Crippen LogP contribution in [-0.2, 0) is 0 Å². The molecular formula is C48H32. The van der Waals surface area contributed by atoms with Crippen LogP contribution in [0.1, 0.15) is 0 Å². The molecule has 0 radical (unpaired) electrons. The number of hydrogen-bond donors (Lipinski definition) is 0. The molecule has 9 aromatic carbocycles. The van der Waals surface area contributed by atoms with E-state index in [4.69, 9.17) is 0 Å². The van der Waals surface area contributed by atoms with E-state index in [9.17, 15) is 0 Å². The molecule has 0 unspecified atom stereocenters. The predicted molar refractivity (Wildman–Crippen MR) is 206 cm³/mol. The van der Waals surface area contributed by atoms with Crippen LogP contribution in [0, 0.1) is 0 Å². The first-order valence-corrected chi connectivity index (χ1v) is 16.6. The van der Waals surface area contributed by atoms with Gasteiger partial charge < -0.3 is 0 Å². The van der Waals surface area contributed by atoms with Crippen molar-refractivity contribution in [2.75, 3.05) is 0 Å². The molecule has 48 heavy (non-hydrogen) atoms. The van der Waals surface area contributed by atoms with Gasteiger partial charge in [-0.25, -0.2) is 0 Å². The van der Waals surface area contributed by atoms with Crippen molar-refractivity contribution >= 4 is 32.3 Å². The van der Waals surface area contributed by atoms with Gasteiger partial charge in [-0.2, -0.15) is 0 Å². The molecule has 0 aliphatic heterocycles. The van der Waals surface area contributed by atoms with Gasteiger partial charge in [0.25, 0.3) is 0 Å². The van der Waals surface area contributed by atoms with E-state index in [1.165, 1.54) is 88.0 Å². The van der Waals surface area contributed by atoms with Gasteiger partial charge in [0.1, 0.15) is 0 Å². The van der Waals surface area contributed by atoms with E-state index < -0.39 is 0 Å². The molecule has 0 saturated carbocycles. The lowest BCUT2D eigenvalue weighted by atomic mass is 9.90. The summed E-state index contributed by atoms with van der Waals surface area (Å²) < 4.78 is 0. The Bertz CT molecular complexity index is 2610. The third-order valence-electron chi connectivity index (χ3n) is 9.60. The minimum absolute atomic E-state index is 1.21. The summed E-state index contributed by atoms with van der Waals surface area (Å²) in [6.45, 7) is 0. The first-order valence-electron chi connectivity index (χ1n) is 16.6. The van der Waals surface area contributed by atoms with Crippen LogP contribution in [0.2, 0.25) is 0 Å². The number of fused-ring (bicyclic) bond motifs is 3. The SMILES string of the molecule is c1ccc(-c2cc(-c3cccc(-c4ccc5ccccc5c4)c3)cc3ccc(-c4cccc(-c5ccc6ccccc6c5)c4)cc23)cc1. The van der Waals surface area contributed by atoms with Crippen molar-refractivity contribution in [2.24, 2.45) is 0 Å². The minimum Gasteiger partial charge on any atom is -0.0622 e. The van der Waals surface area contributed by atoms with Gasteiger partial charge in [-0.05, 0) is 130 Å². The van der Waals surface area contributed by atoms with Crippen molar-refractivity contribution in [3.63, 3.8) is 0 Å². The Morgan fingerprint density at radius 3 is 1.15 bits per heavy atom. The maximum Gasteiger partial charge on any atom is -0.00988 e. The Morgan fingerprint density at radius 2 is 0.583 bits per heavy atom. The summed E-state index contributed by atoms with van der Waals surface area (Å²) in [6.07, 6.45) is 0. The van der Waals surface area contributed by atoms with Gasteiger partial charge in [0, 0.05) is 0 Å². The average Bonchev–Trinajstić information content (AvgIpc) is 3.17. The van der Waals surface area contributed by atoms with Crippen LogP contribution in [0.25, 0.3) is 88.0 Å². The van der Waals surface area contributed by atoms with Crippen LogP contribution in [-0.4, -0.2) is 0 Å². The molecule has 9 rings (SSSR count). The third kappa shape index (κ3) is 5.24. The van der Waals surface area contributed by atoms with Gasteiger partial charge in [-0.3, -0.25) is 0 Å². The molecule has 0 nitrogen and oxygen atoms in total. The van der Waals surface area contributed by atoms with Crippen molar-refractivity contribution in [2.45, 2.75) is 0 Å². The van der Waals surface area contributed by atoms with Gasteiger partial charge in [-0.1, -0.05) is 152 Å². The first kappa shape index (κ1) is 28.0. The van der Waals surface area contributed by atoms with E-state index in [0.717, 1.165) is 0 Å². The summed E-state index contributed by atoms with van der Waals surface area (Å²) in [5, 5.41) is 7.54. The highest BCUT2D eigenvalue weighted by atomic mass is 14.2. The van der Waals surface area contributed by atoms with E-state index in [1.807, 2.05) is 0 Å². The zero-order valence-electron chi connectivity index (χ0n) is 26.5. The lowest BCUT2D eigenvalue weighted by Crippen LogP contribution is -1.88. The molecule has 0 atom stereocenters. The molecule has 0 amide bonds. The number of hydrogen-bond acceptors (Lipinski definition) is 0. The smallest absolute Gasteiger partial charge is 0.00988 e. The second kappa shape index (κ2) is 11.8. The summed E-state index contributed by atoms with van der Waals surface area (Å²) in [5.74, 6) is 0. The van der Waals surface area contributed by atoms with Crippen LogP contribution in [0.3, 0.4) is 0 Å². The van der Waals surface area contributed by atoms with Crippen molar-refractivity contribution in [1.29, 1.82) is 0 Å². The topological polar surface area (TPSA) is 0 Å². The molecule has 0 aromatic heterocycles. The Hall–Kier alpha value is -6.24. The normalized spacial score (nSPS) is 11.3. The Balaban J connectivity index is 1.14. The van der Waals surface area contributed by atoms with Gasteiger partial charge in [0.15, 0.2) is 0 Å². The molecule has 0 N–H and O–H groups in total. The quantitative estimate of drug-likeness (QED) is 0.182. The van der Waals surface area contributed by atoms with Crippen LogP contribution < -0.4 is 0 Å². The summed E-state index contributed by atoms with van der Waals surface area (Å²) in [7, 11) is 0. The van der Waals surface area contributed by atoms with Gasteiger partial charge in [0.05, 0.1) is 0 Å². The molecule has 0 aliphatic carbocycles. The zero-order chi connectivity index (χ0) is 31.9. The van der Waals surface area contributed by atoms with Crippen molar-refractivity contribution in [1.82, 2.24) is 0 Å². The fourth-order valence-corrected chi connectivity index (χ4v) is 7.06. The van der Waals surface area contributed by atoms with Gasteiger partial charge >= 0.3 is 0 Å². The van der Waals surface area contributed by atoms with Gasteiger partial charge in [-0.15, -0.1) is 0 Å². The standard InChI is InChI=1S/C48H32/c1-2-12-35(13-3-1)47-32-46(41-19-9-17-39(29-41)43-23-21-34-11-5-7-15-37(34)27-43)30-45-25-24-44(31-48(45)47)40-18-8-16-38(28-40)42-22-20-33-10-4-6-14-36(33)26-42/h1-32H. The van der Waals surface area contributed by atoms with E-state index in [-0.39, 0.29) is 0 Å². The lowest BCUT2D eigenvalue weighted by Gasteiger charge is -2.14. The Kier molecular flexibility index (Phi) is 6.91. The molecule has 0 bridgehead atoms. The van der Waals surface area contributed by atoms with Crippen molar-refractivity contribution in [3.8, 4) is 55.6 Å². The van der Waals surface area contributed by atoms with Crippen molar-refractivity contribution in [3.05, 3.63) is 194 Å². The molecule has 9 aromatic rings. The summed E-state index contributed by atoms with van der Waals surface area (Å²) in [6, 6.07) is 70.9. The lowest BCUT2D eigenvalue weighted by molar-refractivity contribution is 1.59. The third-order valence-corrected chi connectivity index (χ3v) is 9.60. The predicted octanol–water partition coefficient (Wildman–Crippen LogP) is 13.5. The fourth-order valence-electron chi connectivity index (χ4n) is 7.06. The van der Waals surface area contributed by atoms with E-state index in [0.29, 0.717) is 0 Å². The van der Waals surface area contributed by atoms with E-state index in [1.54, 1.807) is 0 Å². The average molecular weight is 609 g/mol. The molecule has 0 heteroatoms. The van der Waals surface area contributed by atoms with E-state index >= 15 is 0 Å². The van der Waals surface area contributed by atoms with Crippen LogP contribution in [0.15, 0.2) is 194 Å². The largest absolute Gasteiger partial charge is 0.0622 e. The number of benzene rings is 9. The molecule has 0 saturated heterocycles. The van der Waals surface area contributed by atoms with Crippen molar-refractivity contribution < 1.29 is 0 Å². The van der Waals surface area contributed by atoms with Crippen LogP contribution >= 0.6 is 0 Å². The van der Waals surface area contributed by atoms with Crippen LogP contribution in [0.5, 0.6) is 0 Å². The molecule has 224 valence electrons.